The number of anilines is 1. The fourth-order valence-electron chi connectivity index (χ4n) is 1.92. The molecule has 1 aromatic carbocycles. The molecule has 21 heavy (non-hydrogen) atoms. The Kier molecular flexibility index (Phi) is 5.58. The smallest absolute Gasteiger partial charge is 0.408 e. The van der Waals surface area contributed by atoms with E-state index in [0.717, 1.165) is 5.56 Å². The third-order valence-electron chi connectivity index (χ3n) is 2.84. The van der Waals surface area contributed by atoms with Crippen LogP contribution in [0.4, 0.5) is 10.5 Å². The molecule has 1 atom stereocenters. The summed E-state index contributed by atoms with van der Waals surface area (Å²) >= 11 is 0. The topological polar surface area (TPSA) is 90.6 Å². The van der Waals surface area contributed by atoms with Crippen molar-refractivity contribution in [3.05, 3.63) is 29.8 Å². The Morgan fingerprint density at radius 2 is 2.05 bits per heavy atom. The van der Waals surface area contributed by atoms with Gasteiger partial charge in [-0.1, -0.05) is 12.1 Å². The number of rotatable bonds is 5. The van der Waals surface area contributed by atoms with Crippen molar-refractivity contribution in [2.24, 2.45) is 0 Å². The summed E-state index contributed by atoms with van der Waals surface area (Å²) in [5, 5.41) is 2.42. The van der Waals surface area contributed by atoms with Gasteiger partial charge in [-0.3, -0.25) is 0 Å². The molecule has 116 valence electrons. The molecule has 0 bridgehead atoms. The summed E-state index contributed by atoms with van der Waals surface area (Å²) < 4.78 is 9.88. The van der Waals surface area contributed by atoms with Crippen molar-refractivity contribution in [1.29, 1.82) is 0 Å². The number of hydrogen-bond donors (Lipinski definition) is 2. The number of nitrogen functional groups attached to an aromatic ring is 1. The molecule has 1 unspecified atom stereocenters. The number of methoxy groups -OCH3 is 1. The molecule has 0 heterocycles. The van der Waals surface area contributed by atoms with Crippen molar-refractivity contribution in [2.75, 3.05) is 12.8 Å². The van der Waals surface area contributed by atoms with E-state index in [1.807, 2.05) is 18.2 Å². The predicted molar refractivity (Wildman–Crippen MR) is 79.7 cm³/mol. The van der Waals surface area contributed by atoms with Crippen molar-refractivity contribution < 1.29 is 19.1 Å². The summed E-state index contributed by atoms with van der Waals surface area (Å²) in [4.78, 5) is 23.0. The molecule has 6 heteroatoms. The Morgan fingerprint density at radius 3 is 2.62 bits per heavy atom. The maximum absolute atomic E-state index is 11.8. The van der Waals surface area contributed by atoms with Crippen LogP contribution in [0.25, 0.3) is 0 Å². The highest BCUT2D eigenvalue weighted by atomic mass is 16.6. The molecule has 0 radical (unpaired) electrons. The Labute approximate surface area is 124 Å². The molecule has 1 rings (SSSR count). The van der Waals surface area contributed by atoms with Crippen molar-refractivity contribution in [3.63, 3.8) is 0 Å². The Balaban J connectivity index is 2.59. The van der Waals surface area contributed by atoms with Crippen LogP contribution in [0, 0.1) is 0 Å². The summed E-state index contributed by atoms with van der Waals surface area (Å²) in [6, 6.07) is 6.63. The van der Waals surface area contributed by atoms with Crippen LogP contribution < -0.4 is 11.1 Å². The second-order valence-electron chi connectivity index (χ2n) is 5.46. The lowest BCUT2D eigenvalue weighted by Crippen LogP contribution is -2.43. The molecular formula is C15H22N2O4. The minimum atomic E-state index is -0.759. The molecule has 0 fully saturated rings. The lowest BCUT2D eigenvalue weighted by atomic mass is 9.98. The van der Waals surface area contributed by atoms with Crippen LogP contribution in [0.5, 0.6) is 0 Å². The minimum absolute atomic E-state index is 0.512. The Bertz CT molecular complexity index is 514. The second kappa shape index (κ2) is 6.97. The van der Waals surface area contributed by atoms with Gasteiger partial charge in [-0.15, -0.1) is 0 Å². The highest BCUT2D eigenvalue weighted by Crippen LogP contribution is 2.19. The predicted octanol–water partition coefficient (Wildman–Crippen LogP) is 1.88. The molecule has 1 amide bonds. The molecule has 0 spiro atoms. The van der Waals surface area contributed by atoms with Gasteiger partial charge in [0.2, 0.25) is 0 Å². The Morgan fingerprint density at radius 1 is 1.38 bits per heavy atom. The molecule has 0 aromatic heterocycles. The number of nitrogens with two attached hydrogens (primary N) is 1. The molecule has 0 aliphatic heterocycles. The summed E-state index contributed by atoms with van der Waals surface area (Å²) in [5.74, 6) is -0.527. The van der Waals surface area contributed by atoms with Crippen LogP contribution in [0.2, 0.25) is 0 Å². The zero-order chi connectivity index (χ0) is 16.0. The highest BCUT2D eigenvalue weighted by molar-refractivity contribution is 5.80. The molecule has 1 aromatic rings. The first-order chi connectivity index (χ1) is 9.73. The number of esters is 1. The molecule has 6 nitrogen and oxygen atoms in total. The van der Waals surface area contributed by atoms with Crippen LogP contribution in [0.1, 0.15) is 26.3 Å². The maximum Gasteiger partial charge on any atom is 0.408 e. The van der Waals surface area contributed by atoms with Gasteiger partial charge in [-0.2, -0.15) is 0 Å². The van der Waals surface area contributed by atoms with Gasteiger partial charge >= 0.3 is 12.1 Å². The van der Waals surface area contributed by atoms with Crippen LogP contribution >= 0.6 is 0 Å². The van der Waals surface area contributed by atoms with Crippen LogP contribution in [0.15, 0.2) is 24.3 Å². The number of ether oxygens (including phenoxy) is 2. The molecule has 0 saturated carbocycles. The number of hydrogen-bond acceptors (Lipinski definition) is 5. The van der Waals surface area contributed by atoms with E-state index in [1.165, 1.54) is 14.0 Å². The largest absolute Gasteiger partial charge is 0.467 e. The fraction of sp³-hybridized carbons (Fsp3) is 0.467. The van der Waals surface area contributed by atoms with Gasteiger partial charge in [0.05, 0.1) is 7.11 Å². The molecule has 0 aliphatic carbocycles. The third kappa shape index (κ3) is 5.72. The van der Waals surface area contributed by atoms with Gasteiger partial charge < -0.3 is 20.5 Å². The van der Waals surface area contributed by atoms with E-state index in [0.29, 0.717) is 12.1 Å². The second-order valence-corrected chi connectivity index (χ2v) is 5.46. The van der Waals surface area contributed by atoms with Gasteiger partial charge in [0.25, 0.3) is 0 Å². The van der Waals surface area contributed by atoms with Gasteiger partial charge in [0, 0.05) is 12.1 Å². The van der Waals surface area contributed by atoms with Crippen LogP contribution in [-0.4, -0.2) is 30.8 Å². The number of carbonyl (C=O) groups excluding carboxylic acids is 2. The summed E-state index contributed by atoms with van der Waals surface area (Å²) in [6.45, 7) is 5.11. The first-order valence-electron chi connectivity index (χ1n) is 6.65. The number of amides is 1. The van der Waals surface area contributed by atoms with E-state index in [4.69, 9.17) is 10.5 Å². The van der Waals surface area contributed by atoms with Crippen LogP contribution in [0.3, 0.4) is 0 Å². The quantitative estimate of drug-likeness (QED) is 0.639. The van der Waals surface area contributed by atoms with E-state index in [1.54, 1.807) is 19.9 Å². The van der Waals surface area contributed by atoms with Gasteiger partial charge in [0.15, 0.2) is 0 Å². The van der Waals surface area contributed by atoms with E-state index in [9.17, 15) is 9.59 Å². The summed E-state index contributed by atoms with van der Waals surface area (Å²) in [7, 11) is 1.26. The highest BCUT2D eigenvalue weighted by Gasteiger charge is 2.25. The standard InChI is InChI=1S/C15H22N2O4/c1-10(13(18)20-4)17-14(19)21-15(2,3)9-11-6-5-7-12(16)8-11/h5-8,10H,9,16H2,1-4H3,(H,17,19). The number of nitrogens with one attached hydrogen (secondary N) is 1. The van der Waals surface area contributed by atoms with Crippen LogP contribution in [-0.2, 0) is 20.7 Å². The normalized spacial score (nSPS) is 12.4. The minimum Gasteiger partial charge on any atom is -0.467 e. The van der Waals surface area contributed by atoms with E-state index in [2.05, 4.69) is 10.1 Å². The number of benzene rings is 1. The van der Waals surface area contributed by atoms with Gasteiger partial charge in [-0.05, 0) is 38.5 Å². The fourth-order valence-corrected chi connectivity index (χ4v) is 1.92. The third-order valence-corrected chi connectivity index (χ3v) is 2.84. The van der Waals surface area contributed by atoms with E-state index < -0.39 is 23.7 Å². The van der Waals surface area contributed by atoms with Crippen molar-refractivity contribution in [2.45, 2.75) is 38.8 Å². The average molecular weight is 294 g/mol. The summed E-state index contributed by atoms with van der Waals surface area (Å²) in [5.41, 5.74) is 6.62. The lowest BCUT2D eigenvalue weighted by Gasteiger charge is -2.26. The first-order valence-corrected chi connectivity index (χ1v) is 6.65. The zero-order valence-electron chi connectivity index (χ0n) is 12.8. The molecular weight excluding hydrogens is 272 g/mol. The molecule has 0 aliphatic rings. The van der Waals surface area contributed by atoms with Crippen molar-refractivity contribution in [1.82, 2.24) is 5.32 Å². The SMILES string of the molecule is COC(=O)C(C)NC(=O)OC(C)(C)Cc1cccc(N)c1. The summed E-state index contributed by atoms with van der Waals surface area (Å²) in [6.07, 6.45) is -0.153. The number of carbonyl (C=O) groups is 2. The Hall–Kier alpha value is -2.24. The van der Waals surface area contributed by atoms with E-state index in [-0.39, 0.29) is 0 Å². The molecule has 3 N–H and O–H groups in total. The first kappa shape index (κ1) is 16.8. The van der Waals surface area contributed by atoms with Gasteiger partial charge in [0.1, 0.15) is 11.6 Å². The maximum atomic E-state index is 11.8. The van der Waals surface area contributed by atoms with Crippen molar-refractivity contribution in [3.8, 4) is 0 Å². The average Bonchev–Trinajstić information content (AvgIpc) is 2.35. The van der Waals surface area contributed by atoms with E-state index >= 15 is 0 Å². The van der Waals surface area contributed by atoms with Crippen molar-refractivity contribution >= 4 is 17.7 Å². The number of alkyl carbamates (subject to hydrolysis) is 1. The molecule has 0 saturated heterocycles. The monoisotopic (exact) mass is 294 g/mol. The van der Waals surface area contributed by atoms with Gasteiger partial charge in [-0.25, -0.2) is 9.59 Å². The lowest BCUT2D eigenvalue weighted by molar-refractivity contribution is -0.142. The zero-order valence-corrected chi connectivity index (χ0v) is 12.8.